The van der Waals surface area contributed by atoms with Crippen LogP contribution >= 0.6 is 0 Å². The largest absolute Gasteiger partial charge is 0.457 e. The molecular weight excluding hydrogens is 222 g/mol. The van der Waals surface area contributed by atoms with E-state index >= 15 is 0 Å². The molecule has 0 unspecified atom stereocenters. The van der Waals surface area contributed by atoms with Crippen molar-refractivity contribution in [3.63, 3.8) is 0 Å². The molecule has 0 fully saturated rings. The van der Waals surface area contributed by atoms with E-state index in [0.717, 1.165) is 11.5 Å². The molecule has 2 nitrogen and oxygen atoms in total. The Bertz CT molecular complexity index is 517. The third-order valence-electron chi connectivity index (χ3n) is 3.18. The van der Waals surface area contributed by atoms with E-state index in [1.54, 1.807) is 0 Å². The Morgan fingerprint density at radius 3 is 1.89 bits per heavy atom. The van der Waals surface area contributed by atoms with Crippen LogP contribution in [0.2, 0.25) is 0 Å². The molecule has 2 aromatic carbocycles. The first kappa shape index (κ1) is 11.3. The molecule has 1 heterocycles. The molecule has 0 aliphatic carbocycles. The SMILES string of the molecule is CC(C)NC1c2ccccc2Oc2ccccc21. The minimum atomic E-state index is 0.214. The highest BCUT2D eigenvalue weighted by Crippen LogP contribution is 2.42. The van der Waals surface area contributed by atoms with Crippen LogP contribution in [0.25, 0.3) is 0 Å². The van der Waals surface area contributed by atoms with Crippen molar-refractivity contribution >= 4 is 0 Å². The van der Waals surface area contributed by atoms with Gasteiger partial charge >= 0.3 is 0 Å². The van der Waals surface area contributed by atoms with Crippen LogP contribution in [0.1, 0.15) is 31.0 Å². The summed E-state index contributed by atoms with van der Waals surface area (Å²) in [5.41, 5.74) is 2.43. The van der Waals surface area contributed by atoms with Crippen LogP contribution in [-0.4, -0.2) is 6.04 Å². The zero-order chi connectivity index (χ0) is 12.5. The average molecular weight is 239 g/mol. The fourth-order valence-corrected chi connectivity index (χ4v) is 2.42. The molecule has 1 aliphatic heterocycles. The van der Waals surface area contributed by atoms with E-state index in [1.807, 2.05) is 24.3 Å². The first-order valence-electron chi connectivity index (χ1n) is 6.37. The van der Waals surface area contributed by atoms with Crippen LogP contribution in [0, 0.1) is 0 Å². The second-order valence-electron chi connectivity index (χ2n) is 4.93. The molecule has 92 valence electrons. The van der Waals surface area contributed by atoms with E-state index in [0.29, 0.717) is 6.04 Å². The van der Waals surface area contributed by atoms with Crippen LogP contribution in [0.4, 0.5) is 0 Å². The summed E-state index contributed by atoms with van der Waals surface area (Å²) in [6.07, 6.45) is 0. The average Bonchev–Trinajstić information content (AvgIpc) is 2.38. The Morgan fingerprint density at radius 2 is 1.39 bits per heavy atom. The minimum Gasteiger partial charge on any atom is -0.457 e. The predicted octanol–water partition coefficient (Wildman–Crippen LogP) is 3.88. The Balaban J connectivity index is 2.11. The number of hydrogen-bond donors (Lipinski definition) is 1. The fourth-order valence-electron chi connectivity index (χ4n) is 2.42. The van der Waals surface area contributed by atoms with Gasteiger partial charge < -0.3 is 10.1 Å². The normalized spacial score (nSPS) is 13.9. The van der Waals surface area contributed by atoms with Gasteiger partial charge in [0, 0.05) is 17.2 Å². The second-order valence-corrected chi connectivity index (χ2v) is 4.93. The third kappa shape index (κ3) is 1.89. The van der Waals surface area contributed by atoms with Crippen LogP contribution in [-0.2, 0) is 0 Å². The van der Waals surface area contributed by atoms with Gasteiger partial charge in [-0.15, -0.1) is 0 Å². The van der Waals surface area contributed by atoms with Gasteiger partial charge in [-0.25, -0.2) is 0 Å². The highest BCUT2D eigenvalue weighted by atomic mass is 16.5. The standard InChI is InChI=1S/C16H17NO/c1-11(2)17-16-12-7-3-5-9-14(12)18-15-10-6-4-8-13(15)16/h3-11,16-17H,1-2H3. The van der Waals surface area contributed by atoms with Gasteiger partial charge in [-0.05, 0) is 26.0 Å². The zero-order valence-corrected chi connectivity index (χ0v) is 10.7. The topological polar surface area (TPSA) is 21.3 Å². The van der Waals surface area contributed by atoms with Crippen molar-refractivity contribution in [2.24, 2.45) is 0 Å². The quantitative estimate of drug-likeness (QED) is 0.858. The molecular formula is C16H17NO. The Labute approximate surface area is 108 Å². The lowest BCUT2D eigenvalue weighted by Crippen LogP contribution is -2.30. The molecule has 0 saturated heterocycles. The summed E-state index contributed by atoms with van der Waals surface area (Å²) in [6, 6.07) is 17.1. The van der Waals surface area contributed by atoms with Gasteiger partial charge in [0.05, 0.1) is 6.04 Å². The second kappa shape index (κ2) is 4.46. The molecule has 0 spiro atoms. The monoisotopic (exact) mass is 239 g/mol. The number of nitrogens with one attached hydrogen (secondary N) is 1. The lowest BCUT2D eigenvalue weighted by Gasteiger charge is -2.30. The lowest BCUT2D eigenvalue weighted by atomic mass is 9.94. The number of hydrogen-bond acceptors (Lipinski definition) is 2. The molecule has 18 heavy (non-hydrogen) atoms. The predicted molar refractivity (Wildman–Crippen MR) is 73.1 cm³/mol. The van der Waals surface area contributed by atoms with E-state index in [4.69, 9.17) is 4.74 Å². The van der Waals surface area contributed by atoms with Gasteiger partial charge in [0.1, 0.15) is 11.5 Å². The number of fused-ring (bicyclic) bond motifs is 2. The van der Waals surface area contributed by atoms with Crippen LogP contribution in [0.3, 0.4) is 0 Å². The van der Waals surface area contributed by atoms with Gasteiger partial charge in [-0.2, -0.15) is 0 Å². The van der Waals surface area contributed by atoms with Gasteiger partial charge in [-0.1, -0.05) is 36.4 Å². The van der Waals surface area contributed by atoms with Crippen molar-refractivity contribution < 1.29 is 4.74 Å². The number of rotatable bonds is 2. The van der Waals surface area contributed by atoms with Crippen molar-refractivity contribution in [3.8, 4) is 11.5 Å². The van der Waals surface area contributed by atoms with E-state index in [9.17, 15) is 0 Å². The van der Waals surface area contributed by atoms with E-state index < -0.39 is 0 Å². The molecule has 2 heteroatoms. The van der Waals surface area contributed by atoms with E-state index in [2.05, 4.69) is 43.4 Å². The smallest absolute Gasteiger partial charge is 0.132 e. The van der Waals surface area contributed by atoms with Gasteiger partial charge in [0.25, 0.3) is 0 Å². The maximum absolute atomic E-state index is 5.95. The maximum Gasteiger partial charge on any atom is 0.132 e. The molecule has 1 N–H and O–H groups in total. The van der Waals surface area contributed by atoms with Crippen molar-refractivity contribution in [1.82, 2.24) is 5.32 Å². The van der Waals surface area contributed by atoms with Crippen LogP contribution < -0.4 is 10.1 Å². The van der Waals surface area contributed by atoms with E-state index in [-0.39, 0.29) is 6.04 Å². The van der Waals surface area contributed by atoms with E-state index in [1.165, 1.54) is 11.1 Å². The lowest BCUT2D eigenvalue weighted by molar-refractivity contribution is 0.416. The summed E-state index contributed by atoms with van der Waals surface area (Å²) >= 11 is 0. The van der Waals surface area contributed by atoms with Gasteiger partial charge in [0.15, 0.2) is 0 Å². The summed E-state index contributed by atoms with van der Waals surface area (Å²) in [5, 5.41) is 3.61. The Kier molecular flexibility index (Phi) is 2.80. The van der Waals surface area contributed by atoms with Crippen molar-refractivity contribution in [2.75, 3.05) is 0 Å². The number of benzene rings is 2. The first-order valence-corrected chi connectivity index (χ1v) is 6.37. The van der Waals surface area contributed by atoms with Crippen molar-refractivity contribution in [2.45, 2.75) is 25.9 Å². The fraction of sp³-hybridized carbons (Fsp3) is 0.250. The molecule has 0 radical (unpaired) electrons. The Hall–Kier alpha value is -1.80. The highest BCUT2D eigenvalue weighted by Gasteiger charge is 2.26. The zero-order valence-electron chi connectivity index (χ0n) is 10.7. The van der Waals surface area contributed by atoms with Crippen molar-refractivity contribution in [1.29, 1.82) is 0 Å². The number of para-hydroxylation sites is 2. The molecule has 0 atom stereocenters. The van der Waals surface area contributed by atoms with Gasteiger partial charge in [0.2, 0.25) is 0 Å². The first-order chi connectivity index (χ1) is 8.75. The Morgan fingerprint density at radius 1 is 0.889 bits per heavy atom. The summed E-state index contributed by atoms with van der Waals surface area (Å²) in [6.45, 7) is 4.33. The molecule has 0 amide bonds. The van der Waals surface area contributed by atoms with Gasteiger partial charge in [-0.3, -0.25) is 0 Å². The minimum absolute atomic E-state index is 0.214. The van der Waals surface area contributed by atoms with Crippen LogP contribution in [0.5, 0.6) is 11.5 Å². The molecule has 0 bridgehead atoms. The summed E-state index contributed by atoms with van der Waals surface area (Å²) in [5.74, 6) is 1.91. The molecule has 2 aromatic rings. The highest BCUT2D eigenvalue weighted by molar-refractivity contribution is 5.52. The van der Waals surface area contributed by atoms with Crippen LogP contribution in [0.15, 0.2) is 48.5 Å². The summed E-state index contributed by atoms with van der Waals surface area (Å²) in [4.78, 5) is 0. The van der Waals surface area contributed by atoms with Crippen molar-refractivity contribution in [3.05, 3.63) is 59.7 Å². The number of ether oxygens (including phenoxy) is 1. The third-order valence-corrected chi connectivity index (χ3v) is 3.18. The summed E-state index contributed by atoms with van der Waals surface area (Å²) < 4.78 is 5.95. The maximum atomic E-state index is 5.95. The molecule has 0 aromatic heterocycles. The molecule has 3 rings (SSSR count). The summed E-state index contributed by atoms with van der Waals surface area (Å²) in [7, 11) is 0. The molecule has 1 aliphatic rings. The molecule has 0 saturated carbocycles.